The van der Waals surface area contributed by atoms with Crippen molar-refractivity contribution in [3.8, 4) is 0 Å². The van der Waals surface area contributed by atoms with Crippen LogP contribution in [-0.2, 0) is 9.59 Å². The first kappa shape index (κ1) is 23.2. The molecule has 0 spiro atoms. The van der Waals surface area contributed by atoms with E-state index in [-0.39, 0.29) is 17.2 Å². The largest absolute Gasteiger partial charge is 0.368 e. The third-order valence-corrected chi connectivity index (χ3v) is 5.29. The number of benzene rings is 1. The number of hydrogen-bond acceptors (Lipinski definition) is 3. The summed E-state index contributed by atoms with van der Waals surface area (Å²) in [7, 11) is 0. The van der Waals surface area contributed by atoms with Crippen LogP contribution in [0.3, 0.4) is 0 Å². The molecule has 1 aromatic carbocycles. The molecule has 0 unspecified atom stereocenters. The Balaban J connectivity index is 1.84. The minimum atomic E-state index is -0.411. The van der Waals surface area contributed by atoms with E-state index in [1.54, 1.807) is 0 Å². The smallest absolute Gasteiger partial charge is 0.229 e. The molecule has 1 aliphatic heterocycles. The Morgan fingerprint density at radius 2 is 1.52 bits per heavy atom. The lowest BCUT2D eigenvalue weighted by molar-refractivity contribution is -0.132. The maximum atomic E-state index is 12.6. The van der Waals surface area contributed by atoms with Crippen LogP contribution < -0.4 is 10.2 Å². The van der Waals surface area contributed by atoms with E-state index in [0.717, 1.165) is 44.0 Å². The molecule has 5 heteroatoms. The molecule has 1 fully saturated rings. The molecule has 1 aliphatic rings. The molecular formula is C24H39N3O2. The van der Waals surface area contributed by atoms with Crippen LogP contribution in [0.2, 0.25) is 0 Å². The Kier molecular flexibility index (Phi) is 7.36. The van der Waals surface area contributed by atoms with Gasteiger partial charge in [0, 0.05) is 49.4 Å². The summed E-state index contributed by atoms with van der Waals surface area (Å²) in [5, 5.41) is 2.96. The number of nitrogens with one attached hydrogen (secondary N) is 1. The van der Waals surface area contributed by atoms with Gasteiger partial charge in [-0.05, 0) is 42.0 Å². The van der Waals surface area contributed by atoms with Gasteiger partial charge in [-0.1, -0.05) is 48.5 Å². The second-order valence-electron chi connectivity index (χ2n) is 10.7. The molecule has 0 aromatic heterocycles. The van der Waals surface area contributed by atoms with E-state index in [9.17, 15) is 9.59 Å². The molecule has 1 heterocycles. The zero-order valence-electron chi connectivity index (χ0n) is 19.3. The Hall–Kier alpha value is -2.04. The van der Waals surface area contributed by atoms with Gasteiger partial charge in [0.05, 0.1) is 0 Å². The van der Waals surface area contributed by atoms with Gasteiger partial charge in [-0.25, -0.2) is 0 Å². The van der Waals surface area contributed by atoms with Crippen molar-refractivity contribution in [3.63, 3.8) is 0 Å². The second-order valence-corrected chi connectivity index (χ2v) is 10.7. The van der Waals surface area contributed by atoms with Crippen LogP contribution in [-0.4, -0.2) is 42.9 Å². The topological polar surface area (TPSA) is 52.7 Å². The first-order chi connectivity index (χ1) is 13.3. The highest BCUT2D eigenvalue weighted by Crippen LogP contribution is 2.27. The predicted octanol–water partition coefficient (Wildman–Crippen LogP) is 4.78. The van der Waals surface area contributed by atoms with E-state index < -0.39 is 5.41 Å². The first-order valence-corrected chi connectivity index (χ1v) is 10.8. The van der Waals surface area contributed by atoms with Gasteiger partial charge in [0.1, 0.15) is 0 Å². The summed E-state index contributed by atoms with van der Waals surface area (Å²) in [6.07, 6.45) is 1.70. The first-order valence-electron chi connectivity index (χ1n) is 10.8. The Morgan fingerprint density at radius 1 is 0.966 bits per heavy atom. The molecule has 0 saturated carbocycles. The van der Waals surface area contributed by atoms with E-state index in [1.807, 2.05) is 49.9 Å². The molecule has 29 heavy (non-hydrogen) atoms. The van der Waals surface area contributed by atoms with E-state index in [4.69, 9.17) is 0 Å². The van der Waals surface area contributed by atoms with Gasteiger partial charge in [-0.15, -0.1) is 0 Å². The maximum Gasteiger partial charge on any atom is 0.229 e. The number of nitrogens with zero attached hydrogens (tertiary/aromatic N) is 2. The third-order valence-electron chi connectivity index (χ3n) is 5.29. The molecular weight excluding hydrogens is 362 g/mol. The van der Waals surface area contributed by atoms with Crippen LogP contribution in [0.1, 0.15) is 61.3 Å². The van der Waals surface area contributed by atoms with Crippen molar-refractivity contribution >= 4 is 23.2 Å². The summed E-state index contributed by atoms with van der Waals surface area (Å²) in [4.78, 5) is 29.1. The molecule has 1 saturated heterocycles. The lowest BCUT2D eigenvalue weighted by Gasteiger charge is -2.37. The van der Waals surface area contributed by atoms with Crippen molar-refractivity contribution in [1.82, 2.24) is 4.90 Å². The normalized spacial score (nSPS) is 16.5. The summed E-state index contributed by atoms with van der Waals surface area (Å²) in [6.45, 7) is 17.8. The van der Waals surface area contributed by atoms with Crippen molar-refractivity contribution in [1.29, 1.82) is 0 Å². The lowest BCUT2D eigenvalue weighted by Crippen LogP contribution is -2.49. The number of amides is 2. The highest BCUT2D eigenvalue weighted by molar-refractivity contribution is 5.94. The average molecular weight is 402 g/mol. The number of carbonyl (C=O) groups excluding carboxylic acids is 2. The molecule has 1 aromatic rings. The van der Waals surface area contributed by atoms with Crippen LogP contribution >= 0.6 is 0 Å². The van der Waals surface area contributed by atoms with Crippen LogP contribution in [0.25, 0.3) is 0 Å². The summed E-state index contributed by atoms with van der Waals surface area (Å²) in [5.74, 6) is 0.705. The molecule has 1 atom stereocenters. The minimum absolute atomic E-state index is 0.0121. The molecule has 1 N–H and O–H groups in total. The number of carbonyl (C=O) groups is 2. The molecule has 5 nitrogen and oxygen atoms in total. The molecule has 2 amide bonds. The number of piperazine rings is 1. The summed E-state index contributed by atoms with van der Waals surface area (Å²) < 4.78 is 0. The molecule has 2 rings (SSSR count). The van der Waals surface area contributed by atoms with Crippen molar-refractivity contribution in [2.45, 2.75) is 61.3 Å². The lowest BCUT2D eigenvalue weighted by atomic mass is 9.84. The fourth-order valence-corrected chi connectivity index (χ4v) is 3.83. The quantitative estimate of drug-likeness (QED) is 0.772. The van der Waals surface area contributed by atoms with Gasteiger partial charge in [0.2, 0.25) is 11.8 Å². The van der Waals surface area contributed by atoms with Gasteiger partial charge in [0.15, 0.2) is 0 Å². The third kappa shape index (κ3) is 7.37. The van der Waals surface area contributed by atoms with Gasteiger partial charge in [0.25, 0.3) is 0 Å². The van der Waals surface area contributed by atoms with Crippen molar-refractivity contribution < 1.29 is 9.59 Å². The zero-order chi connectivity index (χ0) is 21.8. The van der Waals surface area contributed by atoms with Crippen molar-refractivity contribution in [2.75, 3.05) is 36.4 Å². The van der Waals surface area contributed by atoms with Crippen molar-refractivity contribution in [3.05, 3.63) is 24.3 Å². The number of anilines is 2. The van der Waals surface area contributed by atoms with Gasteiger partial charge in [-0.2, -0.15) is 0 Å². The Morgan fingerprint density at radius 3 is 2.00 bits per heavy atom. The van der Waals surface area contributed by atoms with E-state index in [2.05, 4.69) is 37.9 Å². The number of hydrogen-bond donors (Lipinski definition) is 1. The molecule has 0 aliphatic carbocycles. The van der Waals surface area contributed by atoms with Gasteiger partial charge in [-0.3, -0.25) is 9.59 Å². The molecule has 0 bridgehead atoms. The average Bonchev–Trinajstić information content (AvgIpc) is 2.60. The van der Waals surface area contributed by atoms with Crippen LogP contribution in [0.15, 0.2) is 24.3 Å². The second kappa shape index (κ2) is 9.19. The highest BCUT2D eigenvalue weighted by atomic mass is 16.2. The predicted molar refractivity (Wildman–Crippen MR) is 121 cm³/mol. The zero-order valence-corrected chi connectivity index (χ0v) is 19.3. The van der Waals surface area contributed by atoms with Crippen LogP contribution in [0.4, 0.5) is 11.4 Å². The summed E-state index contributed by atoms with van der Waals surface area (Å²) in [6, 6.07) is 7.98. The van der Waals surface area contributed by atoms with E-state index in [1.165, 1.54) is 0 Å². The van der Waals surface area contributed by atoms with Crippen LogP contribution in [0, 0.1) is 16.7 Å². The van der Waals surface area contributed by atoms with Crippen molar-refractivity contribution in [2.24, 2.45) is 16.7 Å². The Bertz CT molecular complexity index is 690. The molecule has 162 valence electrons. The summed E-state index contributed by atoms with van der Waals surface area (Å²) >= 11 is 0. The standard InChI is InChI=1S/C24H39N3O2/c1-18(17-23(2,3)4)16-21(28)27-14-12-26(13-15-27)20-10-8-19(9-11-20)25-22(29)24(5,6)7/h8-11,18H,12-17H2,1-7H3,(H,25,29)/t18-/m1/s1. The molecule has 0 radical (unpaired) electrons. The highest BCUT2D eigenvalue weighted by Gasteiger charge is 2.25. The van der Waals surface area contributed by atoms with Gasteiger partial charge < -0.3 is 15.1 Å². The Labute approximate surface area is 176 Å². The number of rotatable bonds is 5. The van der Waals surface area contributed by atoms with Crippen LogP contribution in [0.5, 0.6) is 0 Å². The monoisotopic (exact) mass is 401 g/mol. The van der Waals surface area contributed by atoms with E-state index in [0.29, 0.717) is 12.3 Å². The SMILES string of the molecule is C[C@H](CC(=O)N1CCN(c2ccc(NC(=O)C(C)(C)C)cc2)CC1)CC(C)(C)C. The maximum absolute atomic E-state index is 12.6. The van der Waals surface area contributed by atoms with Gasteiger partial charge >= 0.3 is 0 Å². The minimum Gasteiger partial charge on any atom is -0.368 e. The van der Waals surface area contributed by atoms with E-state index >= 15 is 0 Å². The summed E-state index contributed by atoms with van der Waals surface area (Å²) in [5.41, 5.74) is 1.80. The fraction of sp³-hybridized carbons (Fsp3) is 0.667. The fourth-order valence-electron chi connectivity index (χ4n) is 3.83.